The molecule has 3 fully saturated rings. The lowest BCUT2D eigenvalue weighted by Gasteiger charge is -2.43. The van der Waals surface area contributed by atoms with E-state index >= 15 is 0 Å². The molecule has 4 rings (SSSR count). The Kier molecular flexibility index (Phi) is 4.18. The molecule has 1 spiro atoms. The molecule has 1 aromatic rings. The number of para-hydroxylation sites is 1. The molecule has 2 heterocycles. The van der Waals surface area contributed by atoms with Crippen LogP contribution in [0.15, 0.2) is 24.3 Å². The molecule has 1 aromatic carbocycles. The van der Waals surface area contributed by atoms with Crippen LogP contribution in [-0.2, 0) is 14.3 Å². The van der Waals surface area contributed by atoms with Crippen LogP contribution in [0.5, 0.6) is 5.75 Å². The Balaban J connectivity index is 1.38. The molecule has 1 saturated carbocycles. The fourth-order valence-electron chi connectivity index (χ4n) is 4.39. The van der Waals surface area contributed by atoms with Crippen molar-refractivity contribution in [3.8, 4) is 5.75 Å². The smallest absolute Gasteiger partial charge is 0.307 e. The summed E-state index contributed by atoms with van der Waals surface area (Å²) in [5.74, 6) is 0.424. The van der Waals surface area contributed by atoms with Gasteiger partial charge in [-0.25, -0.2) is 0 Å². The molecule has 1 aliphatic carbocycles. The average Bonchev–Trinajstić information content (AvgIpc) is 2.88. The second-order valence-electron chi connectivity index (χ2n) is 7.60. The number of hydrogen-bond donors (Lipinski definition) is 0. The number of likely N-dealkylation sites (tertiary alicyclic amines) is 1. The van der Waals surface area contributed by atoms with Crippen LogP contribution < -0.4 is 4.74 Å². The molecule has 0 N–H and O–H groups in total. The van der Waals surface area contributed by atoms with Crippen LogP contribution >= 0.6 is 0 Å². The van der Waals surface area contributed by atoms with Gasteiger partial charge in [0.2, 0.25) is 5.91 Å². The molecule has 5 heteroatoms. The fourth-order valence-corrected chi connectivity index (χ4v) is 4.39. The average molecular weight is 343 g/mol. The van der Waals surface area contributed by atoms with E-state index in [0.29, 0.717) is 13.1 Å². The first-order chi connectivity index (χ1) is 12.1. The fraction of sp³-hybridized carbons (Fsp3) is 0.600. The number of carbonyl (C=O) groups excluding carboxylic acids is 2. The lowest BCUT2D eigenvalue weighted by atomic mass is 9.75. The van der Waals surface area contributed by atoms with E-state index in [9.17, 15) is 9.59 Å². The van der Waals surface area contributed by atoms with Crippen molar-refractivity contribution in [1.29, 1.82) is 0 Å². The third-order valence-corrected chi connectivity index (χ3v) is 5.87. The highest BCUT2D eigenvalue weighted by molar-refractivity contribution is 5.88. The van der Waals surface area contributed by atoms with E-state index in [1.165, 1.54) is 0 Å². The van der Waals surface area contributed by atoms with Crippen LogP contribution in [0.25, 0.3) is 0 Å². The molecule has 1 atom stereocenters. The van der Waals surface area contributed by atoms with E-state index in [-0.39, 0.29) is 30.3 Å². The van der Waals surface area contributed by atoms with E-state index in [1.54, 1.807) is 0 Å². The Morgan fingerprint density at radius 3 is 2.64 bits per heavy atom. The summed E-state index contributed by atoms with van der Waals surface area (Å²) >= 11 is 0. The summed E-state index contributed by atoms with van der Waals surface area (Å²) in [6, 6.07) is 7.92. The minimum absolute atomic E-state index is 0.0328. The summed E-state index contributed by atoms with van der Waals surface area (Å²) in [4.78, 5) is 26.7. The van der Waals surface area contributed by atoms with Crippen LogP contribution in [-0.4, -0.2) is 41.6 Å². The molecule has 0 bridgehead atoms. The molecule has 2 aliphatic heterocycles. The Morgan fingerprint density at radius 2 is 1.92 bits per heavy atom. The molecule has 1 unspecified atom stereocenters. The highest BCUT2D eigenvalue weighted by Gasteiger charge is 2.54. The highest BCUT2D eigenvalue weighted by Crippen LogP contribution is 2.45. The van der Waals surface area contributed by atoms with Gasteiger partial charge in [-0.1, -0.05) is 24.6 Å². The molecule has 134 valence electrons. The first kappa shape index (κ1) is 16.4. The zero-order chi connectivity index (χ0) is 17.4. The molecule has 5 nitrogen and oxygen atoms in total. The van der Waals surface area contributed by atoms with Crippen LogP contribution in [0.3, 0.4) is 0 Å². The van der Waals surface area contributed by atoms with Gasteiger partial charge in [0.1, 0.15) is 17.5 Å². The Morgan fingerprint density at radius 1 is 1.20 bits per heavy atom. The number of esters is 1. The van der Waals surface area contributed by atoms with Gasteiger partial charge in [-0.15, -0.1) is 0 Å². The SMILES string of the molecule is Cc1ccccc1OC1CN(C(=O)C2CC(=O)OC23CCCCC3)C1. The number of hydrogen-bond acceptors (Lipinski definition) is 4. The monoisotopic (exact) mass is 343 g/mol. The van der Waals surface area contributed by atoms with Crippen molar-refractivity contribution in [2.24, 2.45) is 5.92 Å². The van der Waals surface area contributed by atoms with Gasteiger partial charge >= 0.3 is 5.97 Å². The van der Waals surface area contributed by atoms with E-state index in [4.69, 9.17) is 9.47 Å². The largest absolute Gasteiger partial charge is 0.486 e. The van der Waals surface area contributed by atoms with Crippen molar-refractivity contribution in [2.45, 2.75) is 57.2 Å². The third-order valence-electron chi connectivity index (χ3n) is 5.87. The summed E-state index contributed by atoms with van der Waals surface area (Å²) in [6.45, 7) is 3.20. The van der Waals surface area contributed by atoms with Crippen molar-refractivity contribution < 1.29 is 19.1 Å². The predicted octanol–water partition coefficient (Wildman–Crippen LogP) is 2.85. The lowest BCUT2D eigenvalue weighted by molar-refractivity contribution is -0.159. The van der Waals surface area contributed by atoms with Crippen molar-refractivity contribution in [1.82, 2.24) is 4.90 Å². The Labute approximate surface area is 148 Å². The highest BCUT2D eigenvalue weighted by atomic mass is 16.6. The van der Waals surface area contributed by atoms with Crippen LogP contribution in [0.1, 0.15) is 44.1 Å². The number of aryl methyl sites for hydroxylation is 1. The van der Waals surface area contributed by atoms with Crippen molar-refractivity contribution in [3.05, 3.63) is 29.8 Å². The number of nitrogens with zero attached hydrogens (tertiary/aromatic N) is 1. The summed E-state index contributed by atoms with van der Waals surface area (Å²) < 4.78 is 11.7. The molecule has 25 heavy (non-hydrogen) atoms. The van der Waals surface area contributed by atoms with Crippen LogP contribution in [0.4, 0.5) is 0 Å². The zero-order valence-electron chi connectivity index (χ0n) is 14.7. The van der Waals surface area contributed by atoms with Crippen molar-refractivity contribution in [2.75, 3.05) is 13.1 Å². The van der Waals surface area contributed by atoms with Crippen molar-refractivity contribution >= 4 is 11.9 Å². The zero-order valence-corrected chi connectivity index (χ0v) is 14.7. The number of ether oxygens (including phenoxy) is 2. The molecule has 3 aliphatic rings. The van der Waals surface area contributed by atoms with Gasteiger partial charge < -0.3 is 14.4 Å². The maximum atomic E-state index is 12.9. The number of carbonyl (C=O) groups is 2. The van der Waals surface area contributed by atoms with E-state index in [2.05, 4.69) is 0 Å². The van der Waals surface area contributed by atoms with Gasteiger partial charge in [0.25, 0.3) is 0 Å². The van der Waals surface area contributed by atoms with Gasteiger partial charge in [0.15, 0.2) is 0 Å². The summed E-state index contributed by atoms with van der Waals surface area (Å²) in [6.07, 6.45) is 5.16. The minimum atomic E-state index is -0.533. The summed E-state index contributed by atoms with van der Waals surface area (Å²) in [5, 5.41) is 0. The molecule has 2 saturated heterocycles. The Hall–Kier alpha value is -2.04. The number of rotatable bonds is 3. The third kappa shape index (κ3) is 3.00. The molecular formula is C20H25NO4. The normalized spacial score (nSPS) is 25.6. The maximum absolute atomic E-state index is 12.9. The maximum Gasteiger partial charge on any atom is 0.307 e. The lowest BCUT2D eigenvalue weighted by Crippen LogP contribution is -2.59. The second-order valence-corrected chi connectivity index (χ2v) is 7.60. The van der Waals surface area contributed by atoms with Crippen molar-refractivity contribution in [3.63, 3.8) is 0 Å². The van der Waals surface area contributed by atoms with Gasteiger partial charge in [-0.2, -0.15) is 0 Å². The van der Waals surface area contributed by atoms with Gasteiger partial charge in [0.05, 0.1) is 25.4 Å². The quantitative estimate of drug-likeness (QED) is 0.792. The topological polar surface area (TPSA) is 55.8 Å². The molecule has 0 radical (unpaired) electrons. The van der Waals surface area contributed by atoms with E-state index < -0.39 is 5.60 Å². The molecule has 1 amide bonds. The first-order valence-electron chi connectivity index (χ1n) is 9.30. The van der Waals surface area contributed by atoms with Gasteiger partial charge in [0, 0.05) is 0 Å². The van der Waals surface area contributed by atoms with E-state index in [1.807, 2.05) is 36.1 Å². The Bertz CT molecular complexity index is 674. The minimum Gasteiger partial charge on any atom is -0.486 e. The first-order valence-corrected chi connectivity index (χ1v) is 9.30. The predicted molar refractivity (Wildman–Crippen MR) is 92.2 cm³/mol. The number of benzene rings is 1. The second kappa shape index (κ2) is 6.36. The van der Waals surface area contributed by atoms with Crippen LogP contribution in [0, 0.1) is 12.8 Å². The molecule has 0 aromatic heterocycles. The standard InChI is InChI=1S/C20H25NO4/c1-14-7-3-4-8-17(14)24-15-12-21(13-15)19(23)16-11-18(22)25-20(16)9-5-2-6-10-20/h3-4,7-8,15-16H,2,5-6,9-13H2,1H3. The molecular weight excluding hydrogens is 318 g/mol. The number of amides is 1. The summed E-state index contributed by atoms with van der Waals surface area (Å²) in [7, 11) is 0. The van der Waals surface area contributed by atoms with Gasteiger partial charge in [-0.05, 0) is 44.2 Å². The van der Waals surface area contributed by atoms with Gasteiger partial charge in [-0.3, -0.25) is 9.59 Å². The summed E-state index contributed by atoms with van der Waals surface area (Å²) in [5.41, 5.74) is 0.567. The van der Waals surface area contributed by atoms with Crippen LogP contribution in [0.2, 0.25) is 0 Å². The van der Waals surface area contributed by atoms with E-state index in [0.717, 1.165) is 43.4 Å².